The second-order valence-electron chi connectivity index (χ2n) is 8.69. The second-order valence-corrected chi connectivity index (χ2v) is 9.74. The van der Waals surface area contributed by atoms with Gasteiger partial charge in [0, 0.05) is 6.42 Å². The van der Waals surface area contributed by atoms with Crippen molar-refractivity contribution in [1.29, 1.82) is 0 Å². The molecule has 0 saturated carbocycles. The number of Topliss-reactive ketones (excluding diaryl/α,β-unsaturated/α-hetero) is 1. The minimum absolute atomic E-state index is 0.0260. The first kappa shape index (κ1) is 31.4. The first-order valence-electron chi connectivity index (χ1n) is 11.8. The number of unbranched alkanes of at least 4 members (excludes halogenated alkanes) is 7. The number of hydrogen-bond acceptors (Lipinski definition) is 8. The summed E-state index contributed by atoms with van der Waals surface area (Å²) in [6.07, 6.45) is 2.60. The Morgan fingerprint density at radius 3 is 1.78 bits per heavy atom. The molecule has 0 aromatic rings. The van der Waals surface area contributed by atoms with E-state index in [4.69, 9.17) is 4.55 Å². The van der Waals surface area contributed by atoms with E-state index in [-0.39, 0.29) is 37.9 Å². The van der Waals surface area contributed by atoms with Gasteiger partial charge in [-0.05, 0) is 39.0 Å². The zero-order valence-corrected chi connectivity index (χ0v) is 20.4. The molecule has 10 heteroatoms. The van der Waals surface area contributed by atoms with Gasteiger partial charge in [0.25, 0.3) is 0 Å². The summed E-state index contributed by atoms with van der Waals surface area (Å²) >= 11 is 0. The third kappa shape index (κ3) is 16.9. The number of aliphatic hydroxyl groups excluding tert-OH is 4. The normalized spacial score (nSPS) is 17.0. The van der Waals surface area contributed by atoms with Crippen LogP contribution in [0.5, 0.6) is 0 Å². The van der Waals surface area contributed by atoms with Crippen molar-refractivity contribution >= 4 is 16.2 Å². The highest BCUT2D eigenvalue weighted by molar-refractivity contribution is 7.80. The van der Waals surface area contributed by atoms with E-state index < -0.39 is 40.9 Å². The third-order valence-electron chi connectivity index (χ3n) is 5.59. The minimum Gasteiger partial charge on any atom is -0.390 e. The maximum Gasteiger partial charge on any atom is 0.397 e. The highest BCUT2D eigenvalue weighted by atomic mass is 32.3. The summed E-state index contributed by atoms with van der Waals surface area (Å²) in [5, 5.41) is 40.7. The van der Waals surface area contributed by atoms with Gasteiger partial charge >= 0.3 is 10.4 Å². The van der Waals surface area contributed by atoms with E-state index in [1.165, 1.54) is 32.6 Å². The zero-order chi connectivity index (χ0) is 24.6. The Labute approximate surface area is 193 Å². The molecule has 0 bridgehead atoms. The second kappa shape index (κ2) is 17.8. The number of rotatable bonds is 21. The van der Waals surface area contributed by atoms with Crippen LogP contribution in [0.25, 0.3) is 0 Å². The van der Waals surface area contributed by atoms with Crippen molar-refractivity contribution in [3.8, 4) is 0 Å². The van der Waals surface area contributed by atoms with Gasteiger partial charge in [0.1, 0.15) is 18.0 Å². The topological polar surface area (TPSA) is 162 Å². The quantitative estimate of drug-likeness (QED) is 0.122. The summed E-state index contributed by atoms with van der Waals surface area (Å²) in [6, 6.07) is 0. The maximum atomic E-state index is 11.2. The lowest BCUT2D eigenvalue weighted by Crippen LogP contribution is -2.41. The number of aliphatic hydroxyl groups is 4. The highest BCUT2D eigenvalue weighted by Crippen LogP contribution is 2.20. The largest absolute Gasteiger partial charge is 0.397 e. The summed E-state index contributed by atoms with van der Waals surface area (Å²) in [6.45, 7) is 3.59. The molecule has 0 aromatic heterocycles. The van der Waals surface area contributed by atoms with E-state index in [2.05, 4.69) is 11.1 Å². The molecule has 0 heterocycles. The van der Waals surface area contributed by atoms with Crippen LogP contribution < -0.4 is 0 Å². The van der Waals surface area contributed by atoms with Crippen LogP contribution in [-0.4, -0.2) is 69.7 Å². The predicted molar refractivity (Wildman–Crippen MR) is 121 cm³/mol. The van der Waals surface area contributed by atoms with E-state index in [0.29, 0.717) is 12.8 Å². The Morgan fingerprint density at radius 2 is 1.25 bits per heavy atom. The molecular weight excluding hydrogens is 440 g/mol. The van der Waals surface area contributed by atoms with Gasteiger partial charge < -0.3 is 25.2 Å². The fourth-order valence-corrected chi connectivity index (χ4v) is 4.14. The molecule has 0 saturated heterocycles. The molecule has 0 aromatic carbocycles. The molecule has 5 atom stereocenters. The summed E-state index contributed by atoms with van der Waals surface area (Å²) in [5.41, 5.74) is 0. The molecule has 9 nitrogen and oxygen atoms in total. The van der Waals surface area contributed by atoms with E-state index in [1.807, 2.05) is 0 Å². The van der Waals surface area contributed by atoms with Crippen LogP contribution in [0.15, 0.2) is 0 Å². The fourth-order valence-electron chi connectivity index (χ4n) is 3.62. The average molecular weight is 485 g/mol. The van der Waals surface area contributed by atoms with Gasteiger partial charge in [-0.1, -0.05) is 58.3 Å². The fraction of sp³-hybridized carbons (Fsp3) is 0.955. The lowest BCUT2D eigenvalue weighted by molar-refractivity contribution is -0.117. The molecule has 192 valence electrons. The lowest BCUT2D eigenvalue weighted by atomic mass is 9.95. The van der Waals surface area contributed by atoms with Gasteiger partial charge in [-0.25, -0.2) is 4.18 Å². The molecule has 0 radical (unpaired) electrons. The standard InChI is InChI=1S/C22H44O9S/c1-3-4-5-6-7-8-9-10-13-20(26)22(27)21(31-32(28,29)30)16-15-19(25)18(24)14-11-12-17(2)23/h18-22,24-27H,3-16H2,1-2H3,(H,28,29,30). The molecule has 0 spiro atoms. The van der Waals surface area contributed by atoms with Crippen molar-refractivity contribution in [1.82, 2.24) is 0 Å². The molecule has 5 unspecified atom stereocenters. The van der Waals surface area contributed by atoms with E-state index in [9.17, 15) is 33.6 Å². The zero-order valence-electron chi connectivity index (χ0n) is 19.6. The number of carbonyl (C=O) groups excluding carboxylic acids is 1. The summed E-state index contributed by atoms with van der Waals surface area (Å²) < 4.78 is 35.8. The molecule has 32 heavy (non-hydrogen) atoms. The van der Waals surface area contributed by atoms with Gasteiger partial charge in [0.05, 0.1) is 18.3 Å². The van der Waals surface area contributed by atoms with Crippen molar-refractivity contribution in [3.05, 3.63) is 0 Å². The Balaban J connectivity index is 4.51. The number of ketones is 1. The minimum atomic E-state index is -4.89. The number of carbonyl (C=O) groups is 1. The summed E-state index contributed by atoms with van der Waals surface area (Å²) in [4.78, 5) is 11.0. The van der Waals surface area contributed by atoms with E-state index in [1.54, 1.807) is 0 Å². The monoisotopic (exact) mass is 484 g/mol. The van der Waals surface area contributed by atoms with E-state index in [0.717, 1.165) is 19.3 Å². The smallest absolute Gasteiger partial charge is 0.390 e. The van der Waals surface area contributed by atoms with Crippen LogP contribution in [0.3, 0.4) is 0 Å². The Morgan fingerprint density at radius 1 is 0.750 bits per heavy atom. The Kier molecular flexibility index (Phi) is 17.5. The molecule has 0 fully saturated rings. The SMILES string of the molecule is CCCCCCCCCCC(O)C(O)C(CCC(O)C(O)CCCC(C)=O)OS(=O)(=O)O. The molecule has 0 amide bonds. The van der Waals surface area contributed by atoms with Crippen LogP contribution in [-0.2, 0) is 19.4 Å². The van der Waals surface area contributed by atoms with E-state index >= 15 is 0 Å². The maximum absolute atomic E-state index is 11.2. The molecule has 0 rings (SSSR count). The van der Waals surface area contributed by atoms with Crippen LogP contribution in [0, 0.1) is 0 Å². The summed E-state index contributed by atoms with van der Waals surface area (Å²) in [7, 11) is -4.89. The number of hydrogen-bond donors (Lipinski definition) is 5. The molecular formula is C22H44O9S. The van der Waals surface area contributed by atoms with Gasteiger partial charge in [-0.15, -0.1) is 0 Å². The first-order valence-corrected chi connectivity index (χ1v) is 13.2. The van der Waals surface area contributed by atoms with Crippen molar-refractivity contribution in [2.45, 2.75) is 134 Å². The summed E-state index contributed by atoms with van der Waals surface area (Å²) in [5.74, 6) is -0.0260. The lowest BCUT2D eigenvalue weighted by Gasteiger charge is -2.27. The highest BCUT2D eigenvalue weighted by Gasteiger charge is 2.31. The van der Waals surface area contributed by atoms with Crippen molar-refractivity contribution < 1.29 is 42.4 Å². The van der Waals surface area contributed by atoms with Crippen LogP contribution in [0.1, 0.15) is 104 Å². The Hall–Kier alpha value is -0.620. The molecule has 0 aliphatic carbocycles. The Bertz CT molecular complexity index is 582. The third-order valence-corrected chi connectivity index (χ3v) is 6.08. The van der Waals surface area contributed by atoms with Gasteiger partial charge in [-0.2, -0.15) is 8.42 Å². The predicted octanol–water partition coefficient (Wildman–Crippen LogP) is 2.69. The van der Waals surface area contributed by atoms with Crippen LogP contribution in [0.2, 0.25) is 0 Å². The van der Waals surface area contributed by atoms with Crippen molar-refractivity contribution in [2.24, 2.45) is 0 Å². The first-order chi connectivity index (χ1) is 15.0. The van der Waals surface area contributed by atoms with Gasteiger partial charge in [-0.3, -0.25) is 4.55 Å². The molecule has 0 aliphatic rings. The van der Waals surface area contributed by atoms with Crippen LogP contribution >= 0.6 is 0 Å². The van der Waals surface area contributed by atoms with Gasteiger partial charge in [0.2, 0.25) is 0 Å². The molecule has 0 aliphatic heterocycles. The van der Waals surface area contributed by atoms with Crippen molar-refractivity contribution in [3.63, 3.8) is 0 Å². The average Bonchev–Trinajstić information content (AvgIpc) is 2.70. The van der Waals surface area contributed by atoms with Crippen molar-refractivity contribution in [2.75, 3.05) is 0 Å². The van der Waals surface area contributed by atoms with Crippen LogP contribution in [0.4, 0.5) is 0 Å². The van der Waals surface area contributed by atoms with Gasteiger partial charge in [0.15, 0.2) is 0 Å². The molecule has 5 N–H and O–H groups in total.